The van der Waals surface area contributed by atoms with Gasteiger partial charge in [-0.25, -0.2) is 14.1 Å². The van der Waals surface area contributed by atoms with Gasteiger partial charge in [-0.05, 0) is 46.5 Å². The number of carbonyl (C=O) groups excluding carboxylic acids is 1. The molecule has 3 aromatic rings. The second-order valence-electron chi connectivity index (χ2n) is 7.76. The standard InChI is InChI=1S/C19H17FN8O3S/c1-26-19(23-24-25-26)32-16-3-2-12(28(30)31)5-14(16)18(29)22-17-15(20)6-13(7-21-17)27-8-10-4-11(10)9-27/h2-3,5-7,10-11H,4,8-9H2,1H3,(H,21,22,29). The summed E-state index contributed by atoms with van der Waals surface area (Å²) in [4.78, 5) is 30.1. The maximum Gasteiger partial charge on any atom is 0.270 e. The molecule has 1 aliphatic carbocycles. The number of rotatable bonds is 6. The van der Waals surface area contributed by atoms with Gasteiger partial charge in [0.1, 0.15) is 0 Å². The Balaban J connectivity index is 1.39. The first kappa shape index (κ1) is 20.3. The smallest absolute Gasteiger partial charge is 0.270 e. The first-order valence-electron chi connectivity index (χ1n) is 9.79. The third kappa shape index (κ3) is 3.86. The Morgan fingerprint density at radius 2 is 2.09 bits per heavy atom. The van der Waals surface area contributed by atoms with Crippen molar-refractivity contribution in [2.45, 2.75) is 16.5 Å². The van der Waals surface area contributed by atoms with Gasteiger partial charge < -0.3 is 10.2 Å². The monoisotopic (exact) mass is 456 g/mol. The summed E-state index contributed by atoms with van der Waals surface area (Å²) in [7, 11) is 1.62. The van der Waals surface area contributed by atoms with Crippen LogP contribution in [-0.4, -0.2) is 49.1 Å². The van der Waals surface area contributed by atoms with E-state index in [0.717, 1.165) is 30.9 Å². The number of aryl methyl sites for hydroxylation is 1. The van der Waals surface area contributed by atoms with Gasteiger partial charge in [-0.2, -0.15) is 0 Å². The van der Waals surface area contributed by atoms with Crippen LogP contribution in [0.15, 0.2) is 40.5 Å². The summed E-state index contributed by atoms with van der Waals surface area (Å²) in [5, 5.41) is 25.1. The van der Waals surface area contributed by atoms with Crippen LogP contribution < -0.4 is 10.2 Å². The predicted octanol–water partition coefficient (Wildman–Crippen LogP) is 2.51. The van der Waals surface area contributed by atoms with Gasteiger partial charge in [-0.3, -0.25) is 14.9 Å². The Labute approximate surface area is 185 Å². The lowest BCUT2D eigenvalue weighted by atomic mass is 10.2. The van der Waals surface area contributed by atoms with Crippen molar-refractivity contribution in [3.63, 3.8) is 0 Å². The highest BCUT2D eigenvalue weighted by Gasteiger charge is 2.45. The summed E-state index contributed by atoms with van der Waals surface area (Å²) in [6.07, 6.45) is 2.76. The minimum absolute atomic E-state index is 0.0166. The number of nitrogens with one attached hydrogen (secondary N) is 1. The molecule has 1 aromatic carbocycles. The van der Waals surface area contributed by atoms with Crippen molar-refractivity contribution in [1.29, 1.82) is 0 Å². The summed E-state index contributed by atoms with van der Waals surface area (Å²) in [5.74, 6) is -0.273. The Morgan fingerprint density at radius 1 is 1.31 bits per heavy atom. The number of non-ortho nitro benzene ring substituents is 1. The van der Waals surface area contributed by atoms with E-state index in [1.807, 2.05) is 0 Å². The number of halogens is 1. The molecule has 1 aliphatic heterocycles. The van der Waals surface area contributed by atoms with E-state index < -0.39 is 16.6 Å². The minimum atomic E-state index is -0.729. The van der Waals surface area contributed by atoms with E-state index in [1.54, 1.807) is 7.05 Å². The second-order valence-corrected chi connectivity index (χ2v) is 8.77. The van der Waals surface area contributed by atoms with Crippen LogP contribution in [0.1, 0.15) is 16.8 Å². The topological polar surface area (TPSA) is 132 Å². The number of nitro groups is 1. The molecule has 1 amide bonds. The largest absolute Gasteiger partial charge is 0.370 e. The van der Waals surface area contributed by atoms with Gasteiger partial charge in [0.05, 0.1) is 22.4 Å². The third-order valence-electron chi connectivity index (χ3n) is 5.60. The summed E-state index contributed by atoms with van der Waals surface area (Å²) >= 11 is 1.06. The van der Waals surface area contributed by atoms with Crippen LogP contribution in [0.25, 0.3) is 0 Å². The molecule has 1 saturated carbocycles. The first-order chi connectivity index (χ1) is 15.4. The average Bonchev–Trinajstić information content (AvgIpc) is 3.16. The van der Waals surface area contributed by atoms with Crippen molar-refractivity contribution < 1.29 is 14.1 Å². The van der Waals surface area contributed by atoms with Gasteiger partial charge in [-0.15, -0.1) is 5.10 Å². The number of amides is 1. The number of nitrogens with zero attached hydrogens (tertiary/aromatic N) is 7. The molecule has 1 N–H and O–H groups in total. The number of anilines is 2. The Morgan fingerprint density at radius 3 is 2.75 bits per heavy atom. The molecule has 5 rings (SSSR count). The van der Waals surface area contributed by atoms with Gasteiger partial charge >= 0.3 is 0 Å². The fourth-order valence-corrected chi connectivity index (χ4v) is 4.62. The van der Waals surface area contributed by atoms with Crippen molar-refractivity contribution in [2.24, 2.45) is 18.9 Å². The highest BCUT2D eigenvalue weighted by Crippen LogP contribution is 2.46. The van der Waals surface area contributed by atoms with Crippen molar-refractivity contribution in [3.05, 3.63) is 52.0 Å². The zero-order valence-electron chi connectivity index (χ0n) is 16.8. The van der Waals surface area contributed by atoms with Gasteiger partial charge in [-0.1, -0.05) is 0 Å². The van der Waals surface area contributed by atoms with Crippen molar-refractivity contribution >= 4 is 34.9 Å². The number of piperidine rings is 1. The lowest BCUT2D eigenvalue weighted by molar-refractivity contribution is -0.384. The minimum Gasteiger partial charge on any atom is -0.370 e. The van der Waals surface area contributed by atoms with Gasteiger partial charge in [0, 0.05) is 43.2 Å². The molecule has 1 saturated heterocycles. The zero-order valence-corrected chi connectivity index (χ0v) is 17.6. The number of hydrogen-bond acceptors (Lipinski definition) is 9. The number of carbonyl (C=O) groups is 1. The van der Waals surface area contributed by atoms with Crippen LogP contribution in [0.3, 0.4) is 0 Å². The van der Waals surface area contributed by atoms with Gasteiger partial charge in [0.2, 0.25) is 5.16 Å². The quantitative estimate of drug-likeness (QED) is 0.439. The molecule has 3 heterocycles. The molecular formula is C19H17FN8O3S. The van der Waals surface area contributed by atoms with Crippen LogP contribution in [0, 0.1) is 27.8 Å². The maximum absolute atomic E-state index is 14.7. The highest BCUT2D eigenvalue weighted by molar-refractivity contribution is 7.99. The van der Waals surface area contributed by atoms with Crippen molar-refractivity contribution in [3.8, 4) is 0 Å². The van der Waals surface area contributed by atoms with Gasteiger partial charge in [0.25, 0.3) is 11.6 Å². The fraction of sp³-hybridized carbons (Fsp3) is 0.316. The number of pyridine rings is 1. The van der Waals surface area contributed by atoms with E-state index in [2.05, 4.69) is 30.7 Å². The zero-order chi connectivity index (χ0) is 22.4. The number of tetrazole rings is 1. The highest BCUT2D eigenvalue weighted by atomic mass is 32.2. The molecule has 0 bridgehead atoms. The SMILES string of the molecule is Cn1nnnc1Sc1ccc([N+](=O)[O-])cc1C(=O)Nc1ncc(N2CC3CC3C2)cc1F. The summed E-state index contributed by atoms with van der Waals surface area (Å²) in [6.45, 7) is 1.78. The lowest BCUT2D eigenvalue weighted by Crippen LogP contribution is -2.22. The van der Waals surface area contributed by atoms with E-state index >= 15 is 0 Å². The van der Waals surface area contributed by atoms with Crippen LogP contribution in [0.2, 0.25) is 0 Å². The Hall–Kier alpha value is -3.61. The van der Waals surface area contributed by atoms with E-state index in [-0.39, 0.29) is 17.1 Å². The summed E-state index contributed by atoms with van der Waals surface area (Å²) < 4.78 is 16.1. The number of benzene rings is 1. The molecule has 164 valence electrons. The number of hydrogen-bond donors (Lipinski definition) is 1. The normalized spacial score (nSPS) is 19.0. The summed E-state index contributed by atoms with van der Waals surface area (Å²) in [5.41, 5.74) is 0.387. The van der Waals surface area contributed by atoms with Crippen LogP contribution >= 0.6 is 11.8 Å². The number of aromatic nitrogens is 5. The molecule has 32 heavy (non-hydrogen) atoms. The Kier molecular flexibility index (Phi) is 4.96. The number of fused-ring (bicyclic) bond motifs is 1. The van der Waals surface area contributed by atoms with E-state index in [0.29, 0.717) is 27.6 Å². The molecule has 2 atom stereocenters. The molecule has 11 nitrogen and oxygen atoms in total. The number of nitro benzene ring substituents is 1. The predicted molar refractivity (Wildman–Crippen MR) is 112 cm³/mol. The van der Waals surface area contributed by atoms with E-state index in [9.17, 15) is 19.3 Å². The van der Waals surface area contributed by atoms with Crippen LogP contribution in [0.5, 0.6) is 0 Å². The first-order valence-corrected chi connectivity index (χ1v) is 10.6. The Bertz CT molecular complexity index is 1230. The average molecular weight is 456 g/mol. The van der Waals surface area contributed by atoms with Crippen molar-refractivity contribution in [2.75, 3.05) is 23.3 Å². The van der Waals surface area contributed by atoms with Crippen molar-refractivity contribution in [1.82, 2.24) is 25.2 Å². The lowest BCUT2D eigenvalue weighted by Gasteiger charge is -2.20. The molecule has 2 fully saturated rings. The molecule has 0 spiro atoms. The maximum atomic E-state index is 14.7. The molecule has 13 heteroatoms. The molecule has 2 aromatic heterocycles. The van der Waals surface area contributed by atoms with Crippen LogP contribution in [-0.2, 0) is 7.05 Å². The molecule has 2 unspecified atom stereocenters. The third-order valence-corrected chi connectivity index (χ3v) is 6.71. The van der Waals surface area contributed by atoms with E-state index in [4.69, 9.17) is 0 Å². The molecule has 0 radical (unpaired) electrons. The van der Waals surface area contributed by atoms with E-state index in [1.165, 1.54) is 35.5 Å². The van der Waals surface area contributed by atoms with Gasteiger partial charge in [0.15, 0.2) is 11.6 Å². The molecule has 2 aliphatic rings. The fourth-order valence-electron chi connectivity index (χ4n) is 3.78. The van der Waals surface area contributed by atoms with Crippen LogP contribution in [0.4, 0.5) is 21.6 Å². The second kappa shape index (κ2) is 7.82. The molecular weight excluding hydrogens is 439 g/mol. The summed E-state index contributed by atoms with van der Waals surface area (Å²) in [6, 6.07) is 5.18.